The molecule has 0 aliphatic rings. The summed E-state index contributed by atoms with van der Waals surface area (Å²) in [6.45, 7) is 3.89. The first-order valence-corrected chi connectivity index (χ1v) is 14.0. The molecule has 0 aliphatic carbocycles. The largest absolute Gasteiger partial charge is 0.416 e. The quantitative estimate of drug-likeness (QED) is 0.170. The van der Waals surface area contributed by atoms with Gasteiger partial charge in [0.15, 0.2) is 0 Å². The Kier molecular flexibility index (Phi) is 9.93. The number of benzene rings is 2. The molecule has 0 aliphatic heterocycles. The minimum atomic E-state index is -0.131. The van der Waals surface area contributed by atoms with Gasteiger partial charge in [0, 0.05) is 24.2 Å². The Morgan fingerprint density at radius 3 is 1.53 bits per heavy atom. The van der Waals surface area contributed by atoms with Gasteiger partial charge in [-0.1, -0.05) is 59.9 Å². The number of carbonyl (C=O) groups excluding carboxylic acids is 2. The average molecular weight is 553 g/mol. The van der Waals surface area contributed by atoms with E-state index in [1.807, 2.05) is 62.4 Å². The van der Waals surface area contributed by atoms with Crippen LogP contribution in [0.15, 0.2) is 67.8 Å². The number of hydrogen-bond acceptors (Lipinski definition) is 10. The van der Waals surface area contributed by atoms with Crippen LogP contribution in [0.3, 0.4) is 0 Å². The number of nitrogens with one attached hydrogen (secondary N) is 2. The van der Waals surface area contributed by atoms with Crippen LogP contribution in [0.25, 0.3) is 0 Å². The molecule has 0 spiro atoms. The molecule has 2 aromatic carbocycles. The van der Waals surface area contributed by atoms with Gasteiger partial charge >= 0.3 is 0 Å². The lowest BCUT2D eigenvalue weighted by Crippen LogP contribution is -2.14. The van der Waals surface area contributed by atoms with E-state index in [0.717, 1.165) is 35.3 Å². The van der Waals surface area contributed by atoms with Gasteiger partial charge in [0.1, 0.15) is 0 Å². The normalized spacial score (nSPS) is 10.9. The standard InChI is InChI=1S/C26H28N6O4S2/c1-17-9-3-5-11-19(17)27-21(33)15-37-25-31-29-23(35-25)13-7-8-14-24-30-32-26(36-24)38-16-22(34)28-20-12-6-4-10-18(20)2/h3-6,9-12H,7-8,13-16H2,1-2H3,(H,27,33)(H,28,34). The maximum atomic E-state index is 12.2. The predicted octanol–water partition coefficient (Wildman–Crippen LogP) is 5.10. The number of anilines is 2. The molecule has 38 heavy (non-hydrogen) atoms. The maximum Gasteiger partial charge on any atom is 0.277 e. The fraction of sp³-hybridized carbons (Fsp3) is 0.308. The molecule has 0 radical (unpaired) electrons. The molecule has 0 unspecified atom stereocenters. The maximum absolute atomic E-state index is 12.2. The molecule has 4 aromatic rings. The first-order chi connectivity index (χ1) is 18.5. The molecular weight excluding hydrogens is 524 g/mol. The van der Waals surface area contributed by atoms with E-state index in [9.17, 15) is 9.59 Å². The number of aryl methyl sites for hydroxylation is 4. The summed E-state index contributed by atoms with van der Waals surface area (Å²) in [5, 5.41) is 22.6. The van der Waals surface area contributed by atoms with Crippen molar-refractivity contribution in [1.29, 1.82) is 0 Å². The van der Waals surface area contributed by atoms with E-state index in [0.29, 0.717) is 35.1 Å². The highest BCUT2D eigenvalue weighted by Crippen LogP contribution is 2.21. The molecule has 0 saturated heterocycles. The fourth-order valence-corrected chi connectivity index (χ4v) is 4.56. The second-order valence-electron chi connectivity index (χ2n) is 8.43. The van der Waals surface area contributed by atoms with Crippen LogP contribution >= 0.6 is 23.5 Å². The molecular formula is C26H28N6O4S2. The van der Waals surface area contributed by atoms with Gasteiger partial charge in [-0.05, 0) is 49.9 Å². The van der Waals surface area contributed by atoms with Gasteiger partial charge in [-0.2, -0.15) is 0 Å². The van der Waals surface area contributed by atoms with Gasteiger partial charge in [-0.25, -0.2) is 0 Å². The number of carbonyl (C=O) groups is 2. The third kappa shape index (κ3) is 8.45. The molecule has 0 bridgehead atoms. The van der Waals surface area contributed by atoms with Crippen LogP contribution in [0.4, 0.5) is 11.4 Å². The molecule has 0 fully saturated rings. The highest BCUT2D eigenvalue weighted by molar-refractivity contribution is 8.00. The SMILES string of the molecule is Cc1ccccc1NC(=O)CSc1nnc(CCCCc2nnc(SCC(=O)Nc3ccccc3C)o2)o1. The van der Waals surface area contributed by atoms with Gasteiger partial charge in [-0.3, -0.25) is 9.59 Å². The zero-order valence-electron chi connectivity index (χ0n) is 21.1. The summed E-state index contributed by atoms with van der Waals surface area (Å²) in [5.74, 6) is 1.14. The van der Waals surface area contributed by atoms with Crippen molar-refractivity contribution in [2.45, 2.75) is 50.0 Å². The third-order valence-electron chi connectivity index (χ3n) is 5.42. The highest BCUT2D eigenvalue weighted by Gasteiger charge is 2.13. The van der Waals surface area contributed by atoms with Crippen LogP contribution in [-0.2, 0) is 22.4 Å². The lowest BCUT2D eigenvalue weighted by Gasteiger charge is -2.06. The molecule has 0 atom stereocenters. The number of unbranched alkanes of at least 4 members (excludes halogenated alkanes) is 1. The van der Waals surface area contributed by atoms with Crippen LogP contribution in [0.5, 0.6) is 0 Å². The van der Waals surface area contributed by atoms with E-state index in [4.69, 9.17) is 8.83 Å². The van der Waals surface area contributed by atoms with Gasteiger partial charge < -0.3 is 19.5 Å². The monoisotopic (exact) mass is 552 g/mol. The Bertz CT molecular complexity index is 1270. The van der Waals surface area contributed by atoms with Crippen molar-refractivity contribution in [2.75, 3.05) is 22.1 Å². The summed E-state index contributed by atoms with van der Waals surface area (Å²) in [6.07, 6.45) is 2.81. The van der Waals surface area contributed by atoms with E-state index < -0.39 is 0 Å². The summed E-state index contributed by atoms with van der Waals surface area (Å²) in [6, 6.07) is 15.2. The second-order valence-corrected chi connectivity index (χ2v) is 10.3. The van der Waals surface area contributed by atoms with Crippen LogP contribution in [-0.4, -0.2) is 43.7 Å². The molecule has 12 heteroatoms. The second kappa shape index (κ2) is 13.8. The van der Waals surface area contributed by atoms with Gasteiger partial charge in [0.25, 0.3) is 10.4 Å². The Morgan fingerprint density at radius 2 is 1.11 bits per heavy atom. The topological polar surface area (TPSA) is 136 Å². The molecule has 4 rings (SSSR count). The Hall–Kier alpha value is -3.64. The summed E-state index contributed by atoms with van der Waals surface area (Å²) in [4.78, 5) is 24.4. The van der Waals surface area contributed by atoms with E-state index in [2.05, 4.69) is 31.0 Å². The number of aromatic nitrogens is 4. The number of nitrogens with zero attached hydrogens (tertiary/aromatic N) is 4. The molecule has 2 heterocycles. The lowest BCUT2D eigenvalue weighted by atomic mass is 10.2. The molecule has 0 saturated carbocycles. The fourth-order valence-electron chi connectivity index (χ4n) is 3.40. The number of para-hydroxylation sites is 2. The molecule has 198 valence electrons. The molecule has 2 amide bonds. The van der Waals surface area contributed by atoms with E-state index in [1.165, 1.54) is 23.5 Å². The highest BCUT2D eigenvalue weighted by atomic mass is 32.2. The molecule has 2 aromatic heterocycles. The van der Waals surface area contributed by atoms with Crippen molar-refractivity contribution in [3.8, 4) is 0 Å². The van der Waals surface area contributed by atoms with E-state index in [-0.39, 0.29) is 23.3 Å². The van der Waals surface area contributed by atoms with Gasteiger partial charge in [0.2, 0.25) is 23.6 Å². The number of thioether (sulfide) groups is 2. The summed E-state index contributed by atoms with van der Waals surface area (Å²) in [5.41, 5.74) is 3.59. The Labute approximate surface area is 228 Å². The van der Waals surface area contributed by atoms with Gasteiger partial charge in [-0.15, -0.1) is 20.4 Å². The first-order valence-electron chi connectivity index (χ1n) is 12.1. The van der Waals surface area contributed by atoms with Crippen molar-refractivity contribution in [1.82, 2.24) is 20.4 Å². The molecule has 10 nitrogen and oxygen atoms in total. The zero-order chi connectivity index (χ0) is 26.7. The van der Waals surface area contributed by atoms with Crippen LogP contribution < -0.4 is 10.6 Å². The van der Waals surface area contributed by atoms with Crippen LogP contribution in [0.1, 0.15) is 35.7 Å². The van der Waals surface area contributed by atoms with Crippen LogP contribution in [0.2, 0.25) is 0 Å². The van der Waals surface area contributed by atoms with Crippen molar-refractivity contribution < 1.29 is 18.4 Å². The Morgan fingerprint density at radius 1 is 0.684 bits per heavy atom. The van der Waals surface area contributed by atoms with Gasteiger partial charge in [0.05, 0.1) is 11.5 Å². The number of rotatable bonds is 13. The Balaban J connectivity index is 1.11. The van der Waals surface area contributed by atoms with E-state index in [1.54, 1.807) is 0 Å². The number of hydrogen-bond donors (Lipinski definition) is 2. The minimum absolute atomic E-state index is 0.131. The summed E-state index contributed by atoms with van der Waals surface area (Å²) in [7, 11) is 0. The van der Waals surface area contributed by atoms with Crippen molar-refractivity contribution in [3.05, 3.63) is 71.4 Å². The zero-order valence-corrected chi connectivity index (χ0v) is 22.7. The van der Waals surface area contributed by atoms with Crippen molar-refractivity contribution >= 4 is 46.7 Å². The average Bonchev–Trinajstić information content (AvgIpc) is 3.56. The van der Waals surface area contributed by atoms with Crippen molar-refractivity contribution in [3.63, 3.8) is 0 Å². The summed E-state index contributed by atoms with van der Waals surface area (Å²) < 4.78 is 11.3. The third-order valence-corrected chi connectivity index (χ3v) is 7.06. The number of amides is 2. The summed E-state index contributed by atoms with van der Waals surface area (Å²) >= 11 is 2.41. The van der Waals surface area contributed by atoms with Crippen LogP contribution in [0, 0.1) is 13.8 Å². The smallest absolute Gasteiger partial charge is 0.277 e. The molecule has 2 N–H and O–H groups in total. The van der Waals surface area contributed by atoms with E-state index >= 15 is 0 Å². The first kappa shape index (κ1) is 27.4. The predicted molar refractivity (Wildman–Crippen MR) is 146 cm³/mol. The minimum Gasteiger partial charge on any atom is -0.416 e. The lowest BCUT2D eigenvalue weighted by molar-refractivity contribution is -0.114. The van der Waals surface area contributed by atoms with Crippen molar-refractivity contribution in [2.24, 2.45) is 0 Å².